The number of aliphatic hydroxyl groups is 1. The van der Waals surface area contributed by atoms with Crippen molar-refractivity contribution in [2.45, 2.75) is 58.8 Å². The standard InChI is InChI=1S/C12H23NO5/c1-7(2)10(8(14)6-9(15)16)13-11(17)18-12(3,4)5/h7-8,10,14H,6H2,1-5H3,(H,13,17)(H,15,16)/t8-,10-/m0/s1. The van der Waals surface area contributed by atoms with Crippen molar-refractivity contribution < 1.29 is 24.5 Å². The van der Waals surface area contributed by atoms with Gasteiger partial charge in [0, 0.05) is 0 Å². The summed E-state index contributed by atoms with van der Waals surface area (Å²) in [6.07, 6.45) is -2.22. The van der Waals surface area contributed by atoms with Gasteiger partial charge >= 0.3 is 12.1 Å². The quantitative estimate of drug-likeness (QED) is 0.694. The molecule has 6 heteroatoms. The van der Waals surface area contributed by atoms with Crippen LogP contribution in [0.2, 0.25) is 0 Å². The molecule has 3 N–H and O–H groups in total. The van der Waals surface area contributed by atoms with E-state index in [2.05, 4.69) is 5.32 Å². The summed E-state index contributed by atoms with van der Waals surface area (Å²) >= 11 is 0. The largest absolute Gasteiger partial charge is 0.481 e. The maximum atomic E-state index is 11.6. The number of carbonyl (C=O) groups is 2. The average molecular weight is 261 g/mol. The monoisotopic (exact) mass is 261 g/mol. The number of carbonyl (C=O) groups excluding carboxylic acids is 1. The summed E-state index contributed by atoms with van der Waals surface area (Å²) in [5, 5.41) is 20.9. The molecule has 0 aliphatic heterocycles. The zero-order valence-electron chi connectivity index (χ0n) is 11.6. The van der Waals surface area contributed by atoms with Gasteiger partial charge in [-0.05, 0) is 26.7 Å². The van der Waals surface area contributed by atoms with Crippen LogP contribution in [0, 0.1) is 5.92 Å². The minimum atomic E-state index is -1.14. The molecule has 0 saturated carbocycles. The van der Waals surface area contributed by atoms with E-state index in [4.69, 9.17) is 9.84 Å². The van der Waals surface area contributed by atoms with Crippen LogP contribution in [0.15, 0.2) is 0 Å². The van der Waals surface area contributed by atoms with Crippen molar-refractivity contribution in [1.82, 2.24) is 5.32 Å². The Labute approximate surface area is 107 Å². The molecule has 6 nitrogen and oxygen atoms in total. The van der Waals surface area contributed by atoms with Crippen molar-refractivity contribution >= 4 is 12.1 Å². The molecule has 0 fully saturated rings. The second-order valence-corrected chi connectivity index (χ2v) is 5.58. The molecule has 0 aliphatic carbocycles. The van der Waals surface area contributed by atoms with Crippen LogP contribution in [0.3, 0.4) is 0 Å². The molecule has 0 rings (SSSR count). The Balaban J connectivity index is 4.54. The number of alkyl carbamates (subject to hydrolysis) is 1. The third-order valence-corrected chi connectivity index (χ3v) is 2.20. The van der Waals surface area contributed by atoms with Crippen molar-refractivity contribution in [1.29, 1.82) is 0 Å². The maximum Gasteiger partial charge on any atom is 0.407 e. The highest BCUT2D eigenvalue weighted by atomic mass is 16.6. The van der Waals surface area contributed by atoms with Gasteiger partial charge < -0.3 is 20.3 Å². The van der Waals surface area contributed by atoms with Gasteiger partial charge in [0.05, 0.1) is 18.6 Å². The normalized spacial score (nSPS) is 15.1. The van der Waals surface area contributed by atoms with Crippen LogP contribution in [0.4, 0.5) is 4.79 Å². The molecule has 0 heterocycles. The molecule has 0 aromatic heterocycles. The smallest absolute Gasteiger partial charge is 0.407 e. The van der Waals surface area contributed by atoms with Crippen molar-refractivity contribution in [3.05, 3.63) is 0 Å². The number of hydrogen-bond donors (Lipinski definition) is 3. The predicted molar refractivity (Wildman–Crippen MR) is 66.3 cm³/mol. The lowest BCUT2D eigenvalue weighted by atomic mass is 9.96. The molecular weight excluding hydrogens is 238 g/mol. The van der Waals surface area contributed by atoms with Crippen LogP contribution >= 0.6 is 0 Å². The minimum Gasteiger partial charge on any atom is -0.481 e. The van der Waals surface area contributed by atoms with Gasteiger partial charge in [-0.1, -0.05) is 13.8 Å². The number of carboxylic acids is 1. The molecule has 0 radical (unpaired) electrons. The topological polar surface area (TPSA) is 95.9 Å². The zero-order valence-corrected chi connectivity index (χ0v) is 11.6. The van der Waals surface area contributed by atoms with Gasteiger partial charge in [-0.2, -0.15) is 0 Å². The lowest BCUT2D eigenvalue weighted by Gasteiger charge is -2.28. The molecule has 0 saturated heterocycles. The van der Waals surface area contributed by atoms with Crippen LogP contribution in [0.1, 0.15) is 41.0 Å². The average Bonchev–Trinajstić information content (AvgIpc) is 2.09. The number of aliphatic carboxylic acids is 1. The summed E-state index contributed by atoms with van der Waals surface area (Å²) in [4.78, 5) is 22.1. The molecule has 106 valence electrons. The molecule has 0 aromatic carbocycles. The van der Waals surface area contributed by atoms with E-state index in [0.717, 1.165) is 0 Å². The van der Waals surface area contributed by atoms with Crippen molar-refractivity contribution in [3.63, 3.8) is 0 Å². The number of ether oxygens (including phenoxy) is 1. The molecule has 0 bridgehead atoms. The van der Waals surface area contributed by atoms with E-state index in [1.165, 1.54) is 0 Å². The first-order valence-electron chi connectivity index (χ1n) is 5.92. The Morgan fingerprint density at radius 3 is 2.11 bits per heavy atom. The van der Waals surface area contributed by atoms with Crippen molar-refractivity contribution in [2.75, 3.05) is 0 Å². The molecule has 1 amide bonds. The van der Waals surface area contributed by atoms with Gasteiger partial charge in [-0.3, -0.25) is 4.79 Å². The number of nitrogens with one attached hydrogen (secondary N) is 1. The van der Waals surface area contributed by atoms with E-state index in [-0.39, 0.29) is 5.92 Å². The highest BCUT2D eigenvalue weighted by Gasteiger charge is 2.28. The van der Waals surface area contributed by atoms with Gasteiger partial charge in [0.25, 0.3) is 0 Å². The van der Waals surface area contributed by atoms with E-state index in [1.54, 1.807) is 34.6 Å². The summed E-state index contributed by atoms with van der Waals surface area (Å²) in [6.45, 7) is 8.75. The lowest BCUT2D eigenvalue weighted by Crippen LogP contribution is -2.49. The first-order chi connectivity index (χ1) is 8.03. The lowest BCUT2D eigenvalue weighted by molar-refractivity contribution is -0.139. The van der Waals surface area contributed by atoms with Gasteiger partial charge in [0.1, 0.15) is 5.60 Å². The molecule has 0 aliphatic rings. The SMILES string of the molecule is CC(C)[C@H](NC(=O)OC(C)(C)C)[C@@H](O)CC(=O)O. The third-order valence-electron chi connectivity index (χ3n) is 2.20. The predicted octanol–water partition coefficient (Wildman–Crippen LogP) is 1.37. The number of rotatable bonds is 5. The highest BCUT2D eigenvalue weighted by molar-refractivity contribution is 5.69. The number of amides is 1. The van der Waals surface area contributed by atoms with Crippen LogP contribution in [-0.2, 0) is 9.53 Å². The summed E-state index contributed by atoms with van der Waals surface area (Å²) < 4.78 is 5.06. The summed E-state index contributed by atoms with van der Waals surface area (Å²) in [7, 11) is 0. The fourth-order valence-corrected chi connectivity index (χ4v) is 1.46. The number of carboxylic acid groups (broad SMARTS) is 1. The molecule has 0 unspecified atom stereocenters. The first kappa shape index (κ1) is 16.7. The van der Waals surface area contributed by atoms with Gasteiger partial charge in [0.2, 0.25) is 0 Å². The Morgan fingerprint density at radius 1 is 1.28 bits per heavy atom. The van der Waals surface area contributed by atoms with Crippen LogP contribution in [0.25, 0.3) is 0 Å². The summed E-state index contributed by atoms with van der Waals surface area (Å²) in [5.41, 5.74) is -0.636. The second kappa shape index (κ2) is 6.58. The Morgan fingerprint density at radius 2 is 1.78 bits per heavy atom. The summed E-state index contributed by atoms with van der Waals surface area (Å²) in [6, 6.07) is -0.657. The van der Waals surface area contributed by atoms with E-state index in [0.29, 0.717) is 0 Å². The van der Waals surface area contributed by atoms with Crippen LogP contribution < -0.4 is 5.32 Å². The number of aliphatic hydroxyl groups excluding tert-OH is 1. The molecular formula is C12H23NO5. The summed E-state index contributed by atoms with van der Waals surface area (Å²) in [5.74, 6) is -1.22. The molecule has 0 aromatic rings. The van der Waals surface area contributed by atoms with Gasteiger partial charge in [-0.25, -0.2) is 4.79 Å². The molecule has 18 heavy (non-hydrogen) atoms. The van der Waals surface area contributed by atoms with Gasteiger partial charge in [-0.15, -0.1) is 0 Å². The highest BCUT2D eigenvalue weighted by Crippen LogP contribution is 2.12. The molecule has 2 atom stereocenters. The number of hydrogen-bond acceptors (Lipinski definition) is 4. The van der Waals surface area contributed by atoms with E-state index < -0.39 is 36.2 Å². The second-order valence-electron chi connectivity index (χ2n) is 5.58. The van der Waals surface area contributed by atoms with E-state index in [1.807, 2.05) is 0 Å². The van der Waals surface area contributed by atoms with Gasteiger partial charge in [0.15, 0.2) is 0 Å². The van der Waals surface area contributed by atoms with E-state index in [9.17, 15) is 14.7 Å². The van der Waals surface area contributed by atoms with Crippen molar-refractivity contribution in [2.24, 2.45) is 5.92 Å². The van der Waals surface area contributed by atoms with Crippen molar-refractivity contribution in [3.8, 4) is 0 Å². The maximum absolute atomic E-state index is 11.6. The first-order valence-corrected chi connectivity index (χ1v) is 5.92. The Hall–Kier alpha value is -1.30. The van der Waals surface area contributed by atoms with Crippen LogP contribution in [0.5, 0.6) is 0 Å². The fraction of sp³-hybridized carbons (Fsp3) is 0.833. The Bertz CT molecular complexity index is 295. The van der Waals surface area contributed by atoms with Crippen LogP contribution in [-0.4, -0.2) is 40.0 Å². The Kier molecular flexibility index (Phi) is 6.11. The minimum absolute atomic E-state index is 0.105. The van der Waals surface area contributed by atoms with E-state index >= 15 is 0 Å². The fourth-order valence-electron chi connectivity index (χ4n) is 1.46. The third kappa shape index (κ3) is 7.11. The molecule has 0 spiro atoms. The zero-order chi connectivity index (χ0) is 14.5.